The molecular weight excluding hydrogens is 294 g/mol. The Balaban J connectivity index is 2.12. The van der Waals surface area contributed by atoms with Crippen molar-refractivity contribution in [3.05, 3.63) is 40.4 Å². The van der Waals surface area contributed by atoms with Gasteiger partial charge in [0.05, 0.1) is 18.2 Å². The second-order valence-electron chi connectivity index (χ2n) is 5.96. The predicted octanol–water partition coefficient (Wildman–Crippen LogP) is 4.66. The van der Waals surface area contributed by atoms with Crippen molar-refractivity contribution in [2.45, 2.75) is 40.2 Å². The summed E-state index contributed by atoms with van der Waals surface area (Å²) in [6.07, 6.45) is 1.71. The molecule has 0 aliphatic heterocycles. The topological polar surface area (TPSA) is 42.2 Å². The van der Waals surface area contributed by atoms with Crippen molar-refractivity contribution in [1.29, 1.82) is 0 Å². The minimum absolute atomic E-state index is 0.308. The quantitative estimate of drug-likeness (QED) is 0.702. The van der Waals surface area contributed by atoms with Crippen LogP contribution in [-0.2, 0) is 6.54 Å². The first-order valence-corrected chi connectivity index (χ1v) is 8.30. The summed E-state index contributed by atoms with van der Waals surface area (Å²) >= 11 is 1.75. The highest BCUT2D eigenvalue weighted by atomic mass is 32.1. The van der Waals surface area contributed by atoms with Crippen molar-refractivity contribution in [1.82, 2.24) is 9.97 Å². The highest BCUT2D eigenvalue weighted by molar-refractivity contribution is 7.18. The van der Waals surface area contributed by atoms with Gasteiger partial charge < -0.3 is 9.32 Å². The first-order valence-electron chi connectivity index (χ1n) is 7.48. The molecule has 0 aliphatic rings. The average Bonchev–Trinajstić information content (AvgIpc) is 3.07. The van der Waals surface area contributed by atoms with Gasteiger partial charge in [-0.05, 0) is 31.5 Å². The van der Waals surface area contributed by atoms with Crippen molar-refractivity contribution in [2.24, 2.45) is 0 Å². The Hall–Kier alpha value is -1.88. The summed E-state index contributed by atoms with van der Waals surface area (Å²) in [6.45, 7) is 9.25. The van der Waals surface area contributed by atoms with Crippen LogP contribution in [0.4, 0.5) is 5.82 Å². The molecule has 0 amide bonds. The molecule has 4 nitrogen and oxygen atoms in total. The summed E-state index contributed by atoms with van der Waals surface area (Å²) in [6, 6.07) is 3.91. The van der Waals surface area contributed by atoms with Crippen molar-refractivity contribution >= 4 is 27.4 Å². The number of rotatable bonds is 4. The number of thiophene rings is 1. The third-order valence-corrected chi connectivity index (χ3v) is 4.98. The maximum absolute atomic E-state index is 5.47. The first-order chi connectivity index (χ1) is 10.5. The Morgan fingerprint density at radius 1 is 1.27 bits per heavy atom. The van der Waals surface area contributed by atoms with E-state index >= 15 is 0 Å². The van der Waals surface area contributed by atoms with Crippen molar-refractivity contribution < 1.29 is 4.42 Å². The second kappa shape index (κ2) is 5.72. The van der Waals surface area contributed by atoms with Crippen LogP contribution in [0.5, 0.6) is 0 Å². The summed E-state index contributed by atoms with van der Waals surface area (Å²) in [7, 11) is 2.06. The predicted molar refractivity (Wildman–Crippen MR) is 91.8 cm³/mol. The van der Waals surface area contributed by atoms with Gasteiger partial charge >= 0.3 is 0 Å². The number of hydrogen-bond donors (Lipinski definition) is 0. The Bertz CT molecular complexity index is 790. The van der Waals surface area contributed by atoms with Crippen molar-refractivity contribution in [2.75, 3.05) is 11.9 Å². The molecule has 0 aromatic carbocycles. The maximum Gasteiger partial charge on any atom is 0.141 e. The van der Waals surface area contributed by atoms with Gasteiger partial charge in [0.15, 0.2) is 0 Å². The summed E-state index contributed by atoms with van der Waals surface area (Å²) in [4.78, 5) is 14.1. The minimum atomic E-state index is 0.308. The zero-order valence-electron chi connectivity index (χ0n) is 13.7. The van der Waals surface area contributed by atoms with Crippen LogP contribution in [-0.4, -0.2) is 17.0 Å². The number of anilines is 1. The number of hydrogen-bond acceptors (Lipinski definition) is 5. The molecule has 3 aromatic heterocycles. The largest absolute Gasteiger partial charge is 0.467 e. The van der Waals surface area contributed by atoms with Gasteiger partial charge in [0, 0.05) is 17.8 Å². The Morgan fingerprint density at radius 2 is 2.05 bits per heavy atom. The van der Waals surface area contributed by atoms with Crippen LogP contribution in [0.25, 0.3) is 10.2 Å². The van der Waals surface area contributed by atoms with Gasteiger partial charge in [-0.1, -0.05) is 13.8 Å². The third-order valence-electron chi connectivity index (χ3n) is 3.88. The fourth-order valence-electron chi connectivity index (χ4n) is 2.49. The molecule has 0 aliphatic carbocycles. The molecule has 0 spiro atoms. The van der Waals surface area contributed by atoms with Gasteiger partial charge in [-0.2, -0.15) is 0 Å². The molecular formula is C17H21N3OS. The molecule has 3 rings (SSSR count). The molecule has 0 atom stereocenters. The summed E-state index contributed by atoms with van der Waals surface area (Å²) in [5.74, 6) is 3.13. The molecule has 0 N–H and O–H groups in total. The van der Waals surface area contributed by atoms with Crippen LogP contribution in [0, 0.1) is 13.8 Å². The van der Waals surface area contributed by atoms with E-state index in [2.05, 4.69) is 39.6 Å². The second-order valence-corrected chi connectivity index (χ2v) is 7.16. The zero-order chi connectivity index (χ0) is 15.9. The number of nitrogens with zero attached hydrogens (tertiary/aromatic N) is 3. The highest BCUT2D eigenvalue weighted by Gasteiger charge is 2.19. The maximum atomic E-state index is 5.47. The molecule has 0 fully saturated rings. The Labute approximate surface area is 134 Å². The fraction of sp³-hybridized carbons (Fsp3) is 0.412. The smallest absolute Gasteiger partial charge is 0.141 e. The number of aryl methyl sites for hydroxylation is 2. The van der Waals surface area contributed by atoms with E-state index < -0.39 is 0 Å². The van der Waals surface area contributed by atoms with E-state index in [0.717, 1.165) is 22.2 Å². The summed E-state index contributed by atoms with van der Waals surface area (Å²) < 4.78 is 5.47. The SMILES string of the molecule is Cc1sc2nc(C(C)C)nc(N(C)Cc3ccco3)c2c1C. The van der Waals surface area contributed by atoms with Crippen LogP contribution < -0.4 is 4.90 Å². The molecule has 116 valence electrons. The Morgan fingerprint density at radius 3 is 2.68 bits per heavy atom. The van der Waals surface area contributed by atoms with Gasteiger partial charge in [0.2, 0.25) is 0 Å². The molecule has 0 unspecified atom stereocenters. The standard InChI is InChI=1S/C17H21N3OS/c1-10(2)15-18-16(20(5)9-13-7-6-8-21-13)14-11(3)12(4)22-17(14)19-15/h6-8,10H,9H2,1-5H3. The lowest BCUT2D eigenvalue weighted by Crippen LogP contribution is -2.19. The van der Waals surface area contributed by atoms with E-state index in [4.69, 9.17) is 14.4 Å². The molecule has 3 heterocycles. The summed E-state index contributed by atoms with van der Waals surface area (Å²) in [5.41, 5.74) is 1.27. The summed E-state index contributed by atoms with van der Waals surface area (Å²) in [5, 5.41) is 1.17. The van der Waals surface area contributed by atoms with Crippen LogP contribution in [0.1, 0.15) is 41.8 Å². The van der Waals surface area contributed by atoms with Crippen LogP contribution in [0.15, 0.2) is 22.8 Å². The molecule has 3 aromatic rings. The van der Waals surface area contributed by atoms with Crippen LogP contribution in [0.2, 0.25) is 0 Å². The van der Waals surface area contributed by atoms with E-state index in [1.54, 1.807) is 17.6 Å². The molecule has 0 saturated carbocycles. The van der Waals surface area contributed by atoms with E-state index in [9.17, 15) is 0 Å². The Kier molecular flexibility index (Phi) is 3.91. The van der Waals surface area contributed by atoms with Gasteiger partial charge in [-0.3, -0.25) is 0 Å². The fourth-order valence-corrected chi connectivity index (χ4v) is 3.52. The van der Waals surface area contributed by atoms with Crippen LogP contribution in [0.3, 0.4) is 0 Å². The highest BCUT2D eigenvalue weighted by Crippen LogP contribution is 2.35. The van der Waals surface area contributed by atoms with Gasteiger partial charge in [-0.25, -0.2) is 9.97 Å². The van der Waals surface area contributed by atoms with Gasteiger partial charge in [0.1, 0.15) is 22.2 Å². The molecule has 0 radical (unpaired) electrons. The lowest BCUT2D eigenvalue weighted by molar-refractivity contribution is 0.507. The lowest BCUT2D eigenvalue weighted by Gasteiger charge is -2.19. The molecule has 0 bridgehead atoms. The lowest BCUT2D eigenvalue weighted by atomic mass is 10.1. The first kappa shape index (κ1) is 15.0. The number of aromatic nitrogens is 2. The van der Waals surface area contributed by atoms with E-state index in [1.165, 1.54) is 15.8 Å². The number of furan rings is 1. The zero-order valence-corrected chi connectivity index (χ0v) is 14.5. The van der Waals surface area contributed by atoms with Crippen molar-refractivity contribution in [3.63, 3.8) is 0 Å². The third kappa shape index (κ3) is 2.61. The van der Waals surface area contributed by atoms with E-state index in [1.807, 2.05) is 12.1 Å². The van der Waals surface area contributed by atoms with Crippen LogP contribution >= 0.6 is 11.3 Å². The van der Waals surface area contributed by atoms with Gasteiger partial charge in [0.25, 0.3) is 0 Å². The average molecular weight is 315 g/mol. The van der Waals surface area contributed by atoms with E-state index in [-0.39, 0.29) is 0 Å². The van der Waals surface area contributed by atoms with Crippen molar-refractivity contribution in [3.8, 4) is 0 Å². The van der Waals surface area contributed by atoms with Gasteiger partial charge in [-0.15, -0.1) is 11.3 Å². The molecule has 22 heavy (non-hydrogen) atoms. The number of fused-ring (bicyclic) bond motifs is 1. The molecule has 5 heteroatoms. The van der Waals surface area contributed by atoms with E-state index in [0.29, 0.717) is 12.5 Å². The minimum Gasteiger partial charge on any atom is -0.467 e. The normalized spacial score (nSPS) is 11.5. The molecule has 0 saturated heterocycles. The monoisotopic (exact) mass is 315 g/mol.